The number of hydrogen-bond acceptors (Lipinski definition) is 4. The molecule has 1 aromatic rings. The van der Waals surface area contributed by atoms with Crippen molar-refractivity contribution in [3.05, 3.63) is 21.9 Å². The molecular formula is C14H19N3OS. The Kier molecular flexibility index (Phi) is 4.97. The van der Waals surface area contributed by atoms with Crippen molar-refractivity contribution in [1.82, 2.24) is 10.2 Å². The zero-order valence-electron chi connectivity index (χ0n) is 11.1. The number of nitrogens with one attached hydrogen (secondary N) is 1. The molecule has 0 radical (unpaired) electrons. The summed E-state index contributed by atoms with van der Waals surface area (Å²) in [7, 11) is 2.11. The van der Waals surface area contributed by atoms with Gasteiger partial charge in [-0.25, -0.2) is 0 Å². The molecule has 2 rings (SSSR count). The van der Waals surface area contributed by atoms with Gasteiger partial charge in [-0.2, -0.15) is 0 Å². The van der Waals surface area contributed by atoms with Crippen LogP contribution in [-0.4, -0.2) is 44.0 Å². The molecule has 0 aromatic carbocycles. The summed E-state index contributed by atoms with van der Waals surface area (Å²) in [5.41, 5.74) is 6.12. The van der Waals surface area contributed by atoms with Crippen LogP contribution in [0, 0.1) is 17.8 Å². The van der Waals surface area contributed by atoms with E-state index in [-0.39, 0.29) is 5.91 Å². The van der Waals surface area contributed by atoms with E-state index in [1.165, 1.54) is 11.3 Å². The second kappa shape index (κ2) is 6.71. The monoisotopic (exact) mass is 277 g/mol. The molecule has 19 heavy (non-hydrogen) atoms. The first-order valence-corrected chi connectivity index (χ1v) is 7.32. The first kappa shape index (κ1) is 14.1. The molecule has 1 unspecified atom stereocenters. The van der Waals surface area contributed by atoms with Gasteiger partial charge in [-0.15, -0.1) is 11.3 Å². The zero-order chi connectivity index (χ0) is 13.7. The Morgan fingerprint density at radius 3 is 3.21 bits per heavy atom. The highest BCUT2D eigenvalue weighted by atomic mass is 32.1. The predicted molar refractivity (Wildman–Crippen MR) is 78.2 cm³/mol. The van der Waals surface area contributed by atoms with Crippen molar-refractivity contribution in [1.29, 1.82) is 0 Å². The summed E-state index contributed by atoms with van der Waals surface area (Å²) >= 11 is 1.43. The summed E-state index contributed by atoms with van der Waals surface area (Å²) in [6.45, 7) is 3.23. The molecule has 3 N–H and O–H groups in total. The van der Waals surface area contributed by atoms with E-state index in [1.54, 1.807) is 0 Å². The van der Waals surface area contributed by atoms with Crippen molar-refractivity contribution >= 4 is 17.2 Å². The molecule has 0 aliphatic carbocycles. The van der Waals surface area contributed by atoms with E-state index in [2.05, 4.69) is 29.1 Å². The summed E-state index contributed by atoms with van der Waals surface area (Å²) in [4.78, 5) is 15.1. The van der Waals surface area contributed by atoms with E-state index in [4.69, 9.17) is 5.73 Å². The van der Waals surface area contributed by atoms with Crippen LogP contribution < -0.4 is 11.1 Å². The SMILES string of the molecule is CN1CCC(CNC(=O)c2sccc2C#CCN)C1. The van der Waals surface area contributed by atoms with Crippen LogP contribution in [0.2, 0.25) is 0 Å². The lowest BCUT2D eigenvalue weighted by Crippen LogP contribution is -2.30. The second-order valence-electron chi connectivity index (χ2n) is 4.80. The molecule has 1 aromatic heterocycles. The molecule has 1 atom stereocenters. The lowest BCUT2D eigenvalue weighted by atomic mass is 10.1. The minimum atomic E-state index is -0.0223. The highest BCUT2D eigenvalue weighted by molar-refractivity contribution is 7.12. The Labute approximate surface area is 118 Å². The summed E-state index contributed by atoms with van der Waals surface area (Å²) in [5, 5.41) is 4.90. The lowest BCUT2D eigenvalue weighted by molar-refractivity contribution is 0.0951. The van der Waals surface area contributed by atoms with Gasteiger partial charge in [0.25, 0.3) is 5.91 Å². The van der Waals surface area contributed by atoms with Gasteiger partial charge in [0.05, 0.1) is 6.54 Å². The molecule has 0 spiro atoms. The highest BCUT2D eigenvalue weighted by Crippen LogP contribution is 2.17. The van der Waals surface area contributed by atoms with E-state index < -0.39 is 0 Å². The number of nitrogens with zero attached hydrogens (tertiary/aromatic N) is 1. The van der Waals surface area contributed by atoms with Gasteiger partial charge < -0.3 is 16.0 Å². The standard InChI is InChI=1S/C14H19N3OS/c1-17-7-4-11(10-17)9-16-14(18)13-12(3-2-6-15)5-8-19-13/h5,8,11H,4,6-7,9-10,15H2,1H3,(H,16,18). The average Bonchev–Trinajstić information content (AvgIpc) is 3.02. The summed E-state index contributed by atoms with van der Waals surface area (Å²) in [5.74, 6) is 6.26. The van der Waals surface area contributed by atoms with Crippen LogP contribution in [0.15, 0.2) is 11.4 Å². The predicted octanol–water partition coefficient (Wildman–Crippen LogP) is 0.740. The fraction of sp³-hybridized carbons (Fsp3) is 0.500. The molecule has 5 heteroatoms. The lowest BCUT2D eigenvalue weighted by Gasteiger charge is -2.11. The van der Waals surface area contributed by atoms with Gasteiger partial charge in [-0.05, 0) is 37.4 Å². The van der Waals surface area contributed by atoms with E-state index in [0.717, 1.165) is 31.6 Å². The van der Waals surface area contributed by atoms with Crippen molar-refractivity contribution < 1.29 is 4.79 Å². The summed E-state index contributed by atoms with van der Waals surface area (Å²) in [6, 6.07) is 1.87. The normalized spacial score (nSPS) is 18.9. The van der Waals surface area contributed by atoms with Gasteiger partial charge in [0.2, 0.25) is 0 Å². The van der Waals surface area contributed by atoms with Crippen LogP contribution >= 0.6 is 11.3 Å². The van der Waals surface area contributed by atoms with Gasteiger partial charge in [0.1, 0.15) is 4.88 Å². The van der Waals surface area contributed by atoms with Crippen molar-refractivity contribution in [2.24, 2.45) is 11.7 Å². The molecule has 1 aliphatic heterocycles. The average molecular weight is 277 g/mol. The molecule has 1 fully saturated rings. The minimum absolute atomic E-state index is 0.0223. The van der Waals surface area contributed by atoms with Crippen molar-refractivity contribution in [2.75, 3.05) is 33.2 Å². The third kappa shape index (κ3) is 3.80. The Morgan fingerprint density at radius 1 is 1.68 bits per heavy atom. The van der Waals surface area contributed by atoms with Crippen molar-refractivity contribution in [2.45, 2.75) is 6.42 Å². The smallest absolute Gasteiger partial charge is 0.262 e. The maximum Gasteiger partial charge on any atom is 0.262 e. The van der Waals surface area contributed by atoms with Gasteiger partial charge >= 0.3 is 0 Å². The Hall–Kier alpha value is -1.35. The molecule has 2 heterocycles. The maximum atomic E-state index is 12.1. The Morgan fingerprint density at radius 2 is 2.53 bits per heavy atom. The van der Waals surface area contributed by atoms with Gasteiger partial charge in [0.15, 0.2) is 0 Å². The number of hydrogen-bond donors (Lipinski definition) is 2. The van der Waals surface area contributed by atoms with Crippen LogP contribution in [0.4, 0.5) is 0 Å². The first-order valence-electron chi connectivity index (χ1n) is 6.44. The molecule has 0 saturated carbocycles. The Bertz CT molecular complexity index is 500. The number of thiophene rings is 1. The zero-order valence-corrected chi connectivity index (χ0v) is 11.9. The van der Waals surface area contributed by atoms with Gasteiger partial charge in [0, 0.05) is 18.7 Å². The third-order valence-electron chi connectivity index (χ3n) is 3.24. The van der Waals surface area contributed by atoms with Crippen LogP contribution in [0.25, 0.3) is 0 Å². The van der Waals surface area contributed by atoms with Crippen LogP contribution in [0.5, 0.6) is 0 Å². The summed E-state index contributed by atoms with van der Waals surface area (Å²) < 4.78 is 0. The number of carbonyl (C=O) groups excluding carboxylic acids is 1. The molecular weight excluding hydrogens is 258 g/mol. The molecule has 1 saturated heterocycles. The minimum Gasteiger partial charge on any atom is -0.351 e. The fourth-order valence-electron chi connectivity index (χ4n) is 2.24. The number of amides is 1. The highest BCUT2D eigenvalue weighted by Gasteiger charge is 2.20. The molecule has 102 valence electrons. The fourth-order valence-corrected chi connectivity index (χ4v) is 3.01. The van der Waals surface area contributed by atoms with Gasteiger partial charge in [-0.1, -0.05) is 11.8 Å². The largest absolute Gasteiger partial charge is 0.351 e. The quantitative estimate of drug-likeness (QED) is 0.801. The topological polar surface area (TPSA) is 58.4 Å². The number of nitrogens with two attached hydrogens (primary N) is 1. The van der Waals surface area contributed by atoms with Crippen LogP contribution in [0.3, 0.4) is 0 Å². The van der Waals surface area contributed by atoms with Crippen molar-refractivity contribution in [3.8, 4) is 11.8 Å². The van der Waals surface area contributed by atoms with Crippen LogP contribution in [0.1, 0.15) is 21.7 Å². The van der Waals surface area contributed by atoms with E-state index in [0.29, 0.717) is 17.3 Å². The second-order valence-corrected chi connectivity index (χ2v) is 5.71. The molecule has 0 bridgehead atoms. The molecule has 1 aliphatic rings. The third-order valence-corrected chi connectivity index (χ3v) is 4.15. The number of carbonyl (C=O) groups is 1. The number of likely N-dealkylation sites (tertiary alicyclic amines) is 1. The van der Waals surface area contributed by atoms with Crippen LogP contribution in [-0.2, 0) is 0 Å². The number of rotatable bonds is 3. The van der Waals surface area contributed by atoms with Crippen molar-refractivity contribution in [3.63, 3.8) is 0 Å². The molecule has 4 nitrogen and oxygen atoms in total. The Balaban J connectivity index is 1.91. The van der Waals surface area contributed by atoms with E-state index >= 15 is 0 Å². The maximum absolute atomic E-state index is 12.1. The van der Waals surface area contributed by atoms with E-state index in [9.17, 15) is 4.79 Å². The first-order chi connectivity index (χ1) is 9.20. The van der Waals surface area contributed by atoms with E-state index in [1.807, 2.05) is 11.4 Å². The molecule has 1 amide bonds. The van der Waals surface area contributed by atoms with Gasteiger partial charge in [-0.3, -0.25) is 4.79 Å². The summed E-state index contributed by atoms with van der Waals surface area (Å²) in [6.07, 6.45) is 1.15.